The summed E-state index contributed by atoms with van der Waals surface area (Å²) in [7, 11) is 0. The van der Waals surface area contributed by atoms with E-state index in [0.717, 1.165) is 19.6 Å². The predicted octanol–water partition coefficient (Wildman–Crippen LogP) is 4.88. The minimum absolute atomic E-state index is 0.633. The number of hydrogen-bond acceptors (Lipinski definition) is 3. The van der Waals surface area contributed by atoms with Crippen LogP contribution in [0.25, 0.3) is 11.1 Å². The number of thioether (sulfide) groups is 1. The van der Waals surface area contributed by atoms with E-state index >= 15 is 0 Å². The highest BCUT2D eigenvalue weighted by Gasteiger charge is 2.18. The number of anilines is 1. The number of hydrogen-bond donors (Lipinski definition) is 0. The van der Waals surface area contributed by atoms with Crippen LogP contribution in [0.4, 0.5) is 5.82 Å². The highest BCUT2D eigenvalue weighted by atomic mass is 32.2. The van der Waals surface area contributed by atoms with Crippen LogP contribution in [-0.2, 0) is 11.3 Å². The van der Waals surface area contributed by atoms with Gasteiger partial charge < -0.3 is 14.2 Å². The summed E-state index contributed by atoms with van der Waals surface area (Å²) in [5.41, 5.74) is 2.55. The Kier molecular flexibility index (Phi) is 6.66. The molecule has 0 fully saturated rings. The predicted molar refractivity (Wildman–Crippen MR) is 101 cm³/mol. The molecule has 2 aromatic rings. The summed E-state index contributed by atoms with van der Waals surface area (Å²) in [6.07, 6.45) is 3.65. The Labute approximate surface area is 143 Å². The van der Waals surface area contributed by atoms with Gasteiger partial charge in [0.25, 0.3) is 0 Å². The normalized spacial score (nSPS) is 10.6. The number of benzene rings is 1. The lowest BCUT2D eigenvalue weighted by Gasteiger charge is -2.23. The van der Waals surface area contributed by atoms with Crippen molar-refractivity contribution in [2.24, 2.45) is 0 Å². The van der Waals surface area contributed by atoms with Crippen molar-refractivity contribution < 1.29 is 4.74 Å². The summed E-state index contributed by atoms with van der Waals surface area (Å²) in [5, 5.41) is 1.28. The van der Waals surface area contributed by atoms with Crippen LogP contribution in [-0.4, -0.2) is 30.5 Å². The van der Waals surface area contributed by atoms with Crippen molar-refractivity contribution in [2.45, 2.75) is 25.4 Å². The topological polar surface area (TPSA) is 17.4 Å². The third-order valence-corrected chi connectivity index (χ3v) is 4.77. The molecule has 0 saturated carbocycles. The molecule has 1 aromatic heterocycles. The van der Waals surface area contributed by atoms with Gasteiger partial charge in [-0.25, -0.2) is 0 Å². The van der Waals surface area contributed by atoms with E-state index in [9.17, 15) is 0 Å². The molecule has 0 amide bonds. The van der Waals surface area contributed by atoms with Crippen molar-refractivity contribution in [3.05, 3.63) is 49.2 Å². The van der Waals surface area contributed by atoms with Gasteiger partial charge in [0.05, 0.1) is 17.8 Å². The lowest BCUT2D eigenvalue weighted by Crippen LogP contribution is -2.25. The van der Waals surface area contributed by atoms with Gasteiger partial charge in [0.15, 0.2) is 0 Å². The third kappa shape index (κ3) is 3.94. The van der Waals surface area contributed by atoms with Crippen LogP contribution >= 0.6 is 11.8 Å². The van der Waals surface area contributed by atoms with Crippen molar-refractivity contribution in [2.75, 3.05) is 30.9 Å². The molecule has 0 aliphatic carbocycles. The van der Waals surface area contributed by atoms with Crippen LogP contribution in [0.1, 0.15) is 13.8 Å². The van der Waals surface area contributed by atoms with E-state index in [1.54, 1.807) is 11.8 Å². The maximum atomic E-state index is 5.37. The molecule has 0 radical (unpaired) electrons. The fourth-order valence-electron chi connectivity index (χ4n) is 2.82. The van der Waals surface area contributed by atoms with Gasteiger partial charge in [-0.1, -0.05) is 36.9 Å². The van der Waals surface area contributed by atoms with Crippen LogP contribution in [0.15, 0.2) is 54.3 Å². The molecule has 2 rings (SSSR count). The van der Waals surface area contributed by atoms with E-state index in [2.05, 4.69) is 72.5 Å². The maximum Gasteiger partial charge on any atom is 0.110 e. The van der Waals surface area contributed by atoms with Gasteiger partial charge >= 0.3 is 0 Å². The second-order valence-corrected chi connectivity index (χ2v) is 5.95. The van der Waals surface area contributed by atoms with Crippen molar-refractivity contribution in [3.8, 4) is 11.1 Å². The Hall–Kier alpha value is -1.81. The lowest BCUT2D eigenvalue weighted by atomic mass is 10.1. The quantitative estimate of drug-likeness (QED) is 0.370. The average molecular weight is 330 g/mol. The molecule has 0 aliphatic heterocycles. The molecule has 4 heteroatoms. The Balaban J connectivity index is 2.50. The van der Waals surface area contributed by atoms with E-state index in [0.29, 0.717) is 6.61 Å². The molecule has 0 bridgehead atoms. The van der Waals surface area contributed by atoms with E-state index in [1.165, 1.54) is 28.2 Å². The zero-order valence-corrected chi connectivity index (χ0v) is 15.1. The smallest absolute Gasteiger partial charge is 0.110 e. The van der Waals surface area contributed by atoms with Gasteiger partial charge in [-0.3, -0.25) is 0 Å². The fraction of sp³-hybridized carbons (Fsp3) is 0.368. The van der Waals surface area contributed by atoms with Crippen LogP contribution in [0.2, 0.25) is 0 Å². The first-order valence-electron chi connectivity index (χ1n) is 8.07. The standard InChI is InChI=1S/C19H26N2OS/c1-5-20(6-2)18-15-17(16-11-9-8-10-12-16)19(23-4)21(18)13-14-22-7-3/h7-12,15H,3,5-6,13-14H2,1-2,4H3. The Morgan fingerprint density at radius 3 is 2.48 bits per heavy atom. The molecule has 1 heterocycles. The first kappa shape index (κ1) is 17.5. The molecule has 0 spiro atoms. The number of ether oxygens (including phenoxy) is 1. The lowest BCUT2D eigenvalue weighted by molar-refractivity contribution is 0.234. The maximum absolute atomic E-state index is 5.37. The molecule has 3 nitrogen and oxygen atoms in total. The summed E-state index contributed by atoms with van der Waals surface area (Å²) in [4.78, 5) is 2.39. The summed E-state index contributed by atoms with van der Waals surface area (Å²) in [6.45, 7) is 11.5. The van der Waals surface area contributed by atoms with Crippen LogP contribution in [0, 0.1) is 0 Å². The molecule has 0 unspecified atom stereocenters. The van der Waals surface area contributed by atoms with E-state index in [-0.39, 0.29) is 0 Å². The molecule has 124 valence electrons. The minimum Gasteiger partial charge on any atom is -0.500 e. The zero-order valence-electron chi connectivity index (χ0n) is 14.3. The highest BCUT2D eigenvalue weighted by molar-refractivity contribution is 7.98. The largest absolute Gasteiger partial charge is 0.500 e. The first-order valence-corrected chi connectivity index (χ1v) is 9.29. The number of nitrogens with zero attached hydrogens (tertiary/aromatic N) is 2. The average Bonchev–Trinajstić information content (AvgIpc) is 2.96. The number of aromatic nitrogens is 1. The summed E-state index contributed by atoms with van der Waals surface area (Å²) in [6, 6.07) is 12.9. The monoisotopic (exact) mass is 330 g/mol. The second kappa shape index (κ2) is 8.73. The van der Waals surface area contributed by atoms with E-state index in [4.69, 9.17) is 4.74 Å². The van der Waals surface area contributed by atoms with Gasteiger partial charge in [0.1, 0.15) is 12.4 Å². The number of rotatable bonds is 9. The molecule has 0 N–H and O–H groups in total. The van der Waals surface area contributed by atoms with Crippen LogP contribution in [0.5, 0.6) is 0 Å². The SMILES string of the molecule is C=COCCn1c(N(CC)CC)cc(-c2ccccc2)c1SC. The summed E-state index contributed by atoms with van der Waals surface area (Å²) in [5.74, 6) is 1.26. The van der Waals surface area contributed by atoms with Crippen molar-refractivity contribution in [1.29, 1.82) is 0 Å². The van der Waals surface area contributed by atoms with E-state index < -0.39 is 0 Å². The van der Waals surface area contributed by atoms with Gasteiger partial charge in [0, 0.05) is 18.7 Å². The van der Waals surface area contributed by atoms with Crippen LogP contribution in [0.3, 0.4) is 0 Å². The Morgan fingerprint density at radius 2 is 1.91 bits per heavy atom. The van der Waals surface area contributed by atoms with Crippen LogP contribution < -0.4 is 4.90 Å². The second-order valence-electron chi connectivity index (χ2n) is 5.15. The molecule has 0 aliphatic rings. The molecule has 0 saturated heterocycles. The van der Waals surface area contributed by atoms with Gasteiger partial charge in [-0.05, 0) is 31.7 Å². The molecule has 0 atom stereocenters. The van der Waals surface area contributed by atoms with Gasteiger partial charge in [-0.15, -0.1) is 11.8 Å². The zero-order chi connectivity index (χ0) is 16.7. The highest BCUT2D eigenvalue weighted by Crippen LogP contribution is 2.37. The molecule has 23 heavy (non-hydrogen) atoms. The van der Waals surface area contributed by atoms with Crippen molar-refractivity contribution in [3.63, 3.8) is 0 Å². The Morgan fingerprint density at radius 1 is 1.22 bits per heavy atom. The fourth-order valence-corrected chi connectivity index (χ4v) is 3.62. The molecule has 1 aromatic carbocycles. The van der Waals surface area contributed by atoms with Gasteiger partial charge in [0.2, 0.25) is 0 Å². The van der Waals surface area contributed by atoms with Gasteiger partial charge in [-0.2, -0.15) is 0 Å². The van der Waals surface area contributed by atoms with Crippen molar-refractivity contribution >= 4 is 17.6 Å². The molecular formula is C19H26N2OS. The van der Waals surface area contributed by atoms with Crippen molar-refractivity contribution in [1.82, 2.24) is 4.57 Å². The molecular weight excluding hydrogens is 304 g/mol. The van der Waals surface area contributed by atoms with E-state index in [1.807, 2.05) is 0 Å². The summed E-state index contributed by atoms with van der Waals surface area (Å²) >= 11 is 1.79. The first-order chi connectivity index (χ1) is 11.3. The third-order valence-electron chi connectivity index (χ3n) is 3.94. The Bertz CT molecular complexity index is 618. The minimum atomic E-state index is 0.633. The summed E-state index contributed by atoms with van der Waals surface area (Å²) < 4.78 is 7.73.